The molecule has 0 rings (SSSR count). The van der Waals surface area contributed by atoms with Gasteiger partial charge in [0.05, 0.1) is 0 Å². The van der Waals surface area contributed by atoms with Crippen molar-refractivity contribution in [3.63, 3.8) is 0 Å². The molecule has 0 aliphatic rings. The Morgan fingerprint density at radius 3 is 2.17 bits per heavy atom. The van der Waals surface area contributed by atoms with Crippen LogP contribution >= 0.6 is 0 Å². The fourth-order valence-corrected chi connectivity index (χ4v) is 0.865. The van der Waals surface area contributed by atoms with E-state index in [1.54, 1.807) is 6.92 Å². The first-order chi connectivity index (χ1) is 5.64. The molecule has 0 aromatic heterocycles. The van der Waals surface area contributed by atoms with Crippen LogP contribution in [0.2, 0.25) is 0 Å². The predicted molar refractivity (Wildman–Crippen MR) is 45.3 cm³/mol. The van der Waals surface area contributed by atoms with Crippen LogP contribution in [0.5, 0.6) is 0 Å². The summed E-state index contributed by atoms with van der Waals surface area (Å²) >= 11 is 0. The summed E-state index contributed by atoms with van der Waals surface area (Å²) < 4.78 is 5.03. The van der Waals surface area contributed by atoms with Crippen molar-refractivity contribution in [3.8, 4) is 6.07 Å². The van der Waals surface area contributed by atoms with E-state index in [-0.39, 0.29) is 5.97 Å². The van der Waals surface area contributed by atoms with Crippen LogP contribution in [0.25, 0.3) is 0 Å². The maximum atomic E-state index is 10.9. The van der Waals surface area contributed by atoms with Gasteiger partial charge in [-0.15, -0.1) is 0 Å². The zero-order chi connectivity index (χ0) is 9.61. The van der Waals surface area contributed by atoms with Crippen molar-refractivity contribution in [1.29, 1.82) is 5.26 Å². The molecular weight excluding hydrogens is 154 g/mol. The first-order valence-corrected chi connectivity index (χ1v) is 4.27. The molecule has 0 aromatic rings. The van der Waals surface area contributed by atoms with E-state index in [0.29, 0.717) is 19.3 Å². The van der Waals surface area contributed by atoms with E-state index >= 15 is 0 Å². The number of esters is 1. The van der Waals surface area contributed by atoms with Crippen molar-refractivity contribution >= 4 is 5.97 Å². The summed E-state index contributed by atoms with van der Waals surface area (Å²) in [4.78, 5) is 10.9. The molecule has 0 aliphatic carbocycles. The number of hydrogen-bond donors (Lipinski definition) is 0. The summed E-state index contributed by atoms with van der Waals surface area (Å²) in [6.07, 6.45) is 1.42. The largest absolute Gasteiger partial charge is 0.444 e. The summed E-state index contributed by atoms with van der Waals surface area (Å²) in [5.74, 6) is -0.305. The first kappa shape index (κ1) is 11.0. The standard InChI is InChI=1S/C9H15NO2/c1-4-8(11)12-9(5-2,6-3)7-10/h4-6H2,1-3H3. The van der Waals surface area contributed by atoms with Gasteiger partial charge in [0.2, 0.25) is 0 Å². The van der Waals surface area contributed by atoms with Gasteiger partial charge in [-0.2, -0.15) is 5.26 Å². The molecule has 0 spiro atoms. The Hall–Kier alpha value is -1.04. The molecule has 0 unspecified atom stereocenters. The number of carbonyl (C=O) groups excluding carboxylic acids is 1. The van der Waals surface area contributed by atoms with Crippen molar-refractivity contribution in [2.45, 2.75) is 45.6 Å². The highest BCUT2D eigenvalue weighted by atomic mass is 16.6. The fraction of sp³-hybridized carbons (Fsp3) is 0.778. The number of hydrogen-bond acceptors (Lipinski definition) is 3. The van der Waals surface area contributed by atoms with E-state index in [1.807, 2.05) is 19.9 Å². The Bertz CT molecular complexity index is 189. The second-order valence-electron chi connectivity index (χ2n) is 2.64. The van der Waals surface area contributed by atoms with Gasteiger partial charge in [-0.1, -0.05) is 20.8 Å². The number of nitrogens with zero attached hydrogens (tertiary/aromatic N) is 1. The van der Waals surface area contributed by atoms with Crippen molar-refractivity contribution in [2.75, 3.05) is 0 Å². The van der Waals surface area contributed by atoms with Gasteiger partial charge in [0.25, 0.3) is 0 Å². The van der Waals surface area contributed by atoms with E-state index in [2.05, 4.69) is 0 Å². The molecule has 68 valence electrons. The Kier molecular flexibility index (Phi) is 4.35. The lowest BCUT2D eigenvalue weighted by Crippen LogP contribution is -2.31. The van der Waals surface area contributed by atoms with Crippen molar-refractivity contribution < 1.29 is 9.53 Å². The molecule has 0 fully saturated rings. The molecule has 0 bridgehead atoms. The summed E-state index contributed by atoms with van der Waals surface area (Å²) in [6.45, 7) is 5.40. The molecule has 0 heterocycles. The molecule has 0 atom stereocenters. The molecule has 3 nitrogen and oxygen atoms in total. The average molecular weight is 169 g/mol. The van der Waals surface area contributed by atoms with Crippen LogP contribution in [0.1, 0.15) is 40.0 Å². The summed E-state index contributed by atoms with van der Waals surface area (Å²) in [5.41, 5.74) is -0.896. The number of carbonyl (C=O) groups is 1. The summed E-state index contributed by atoms with van der Waals surface area (Å²) in [6, 6.07) is 2.04. The Morgan fingerprint density at radius 2 is 1.92 bits per heavy atom. The molecule has 12 heavy (non-hydrogen) atoms. The van der Waals surface area contributed by atoms with Crippen molar-refractivity contribution in [2.24, 2.45) is 0 Å². The van der Waals surface area contributed by atoms with Crippen molar-refractivity contribution in [3.05, 3.63) is 0 Å². The fourth-order valence-electron chi connectivity index (χ4n) is 0.865. The zero-order valence-corrected chi connectivity index (χ0v) is 7.89. The second-order valence-corrected chi connectivity index (χ2v) is 2.64. The zero-order valence-electron chi connectivity index (χ0n) is 7.89. The topological polar surface area (TPSA) is 50.1 Å². The van der Waals surface area contributed by atoms with E-state index in [9.17, 15) is 4.79 Å². The highest BCUT2D eigenvalue weighted by Crippen LogP contribution is 2.19. The second kappa shape index (κ2) is 4.76. The minimum Gasteiger partial charge on any atom is -0.444 e. The molecule has 0 N–H and O–H groups in total. The Morgan fingerprint density at radius 1 is 1.42 bits per heavy atom. The molecule has 0 saturated carbocycles. The maximum Gasteiger partial charge on any atom is 0.307 e. The number of ether oxygens (including phenoxy) is 1. The molecule has 0 amide bonds. The van der Waals surface area contributed by atoms with Gasteiger partial charge in [0, 0.05) is 6.42 Å². The third-order valence-electron chi connectivity index (χ3n) is 1.94. The Labute approximate surface area is 73.3 Å². The monoisotopic (exact) mass is 169 g/mol. The first-order valence-electron chi connectivity index (χ1n) is 4.27. The lowest BCUT2D eigenvalue weighted by Gasteiger charge is -2.23. The van der Waals surface area contributed by atoms with E-state index in [4.69, 9.17) is 10.00 Å². The minimum absolute atomic E-state index is 0.305. The van der Waals surface area contributed by atoms with Crippen LogP contribution in [-0.4, -0.2) is 11.6 Å². The molecular formula is C9H15NO2. The van der Waals surface area contributed by atoms with Gasteiger partial charge in [0.15, 0.2) is 5.60 Å². The van der Waals surface area contributed by atoms with Gasteiger partial charge in [-0.05, 0) is 12.8 Å². The lowest BCUT2D eigenvalue weighted by molar-refractivity contribution is -0.154. The molecule has 0 saturated heterocycles. The minimum atomic E-state index is -0.896. The van der Waals surface area contributed by atoms with Crippen LogP contribution in [0.3, 0.4) is 0 Å². The number of nitriles is 1. The van der Waals surface area contributed by atoms with E-state index < -0.39 is 5.60 Å². The van der Waals surface area contributed by atoms with Gasteiger partial charge in [0.1, 0.15) is 6.07 Å². The van der Waals surface area contributed by atoms with E-state index in [0.717, 1.165) is 0 Å². The van der Waals surface area contributed by atoms with Gasteiger partial charge in [-0.3, -0.25) is 4.79 Å². The predicted octanol–water partition coefficient (Wildman–Crippen LogP) is 2.02. The maximum absolute atomic E-state index is 10.9. The van der Waals surface area contributed by atoms with Gasteiger partial charge >= 0.3 is 5.97 Å². The van der Waals surface area contributed by atoms with Crippen LogP contribution in [0.4, 0.5) is 0 Å². The lowest BCUT2D eigenvalue weighted by atomic mass is 9.99. The van der Waals surface area contributed by atoms with Gasteiger partial charge < -0.3 is 4.74 Å². The van der Waals surface area contributed by atoms with Crippen molar-refractivity contribution in [1.82, 2.24) is 0 Å². The normalized spacial score (nSPS) is 10.5. The average Bonchev–Trinajstić information content (AvgIpc) is 2.14. The third-order valence-corrected chi connectivity index (χ3v) is 1.94. The quantitative estimate of drug-likeness (QED) is 0.605. The van der Waals surface area contributed by atoms with Crippen LogP contribution in [0, 0.1) is 11.3 Å². The van der Waals surface area contributed by atoms with Crippen LogP contribution in [0.15, 0.2) is 0 Å². The summed E-state index contributed by atoms with van der Waals surface area (Å²) in [7, 11) is 0. The Balaban J connectivity index is 4.33. The van der Waals surface area contributed by atoms with E-state index in [1.165, 1.54) is 0 Å². The molecule has 0 aromatic carbocycles. The molecule has 3 heteroatoms. The summed E-state index contributed by atoms with van der Waals surface area (Å²) in [5, 5.41) is 8.79. The number of rotatable bonds is 4. The molecule has 0 radical (unpaired) electrons. The highest BCUT2D eigenvalue weighted by Gasteiger charge is 2.29. The highest BCUT2D eigenvalue weighted by molar-refractivity contribution is 5.69. The third kappa shape index (κ3) is 2.54. The van der Waals surface area contributed by atoms with Gasteiger partial charge in [-0.25, -0.2) is 0 Å². The molecule has 0 aliphatic heterocycles. The smallest absolute Gasteiger partial charge is 0.307 e. The SMILES string of the molecule is CCC(=O)OC(C#N)(CC)CC. The van der Waals surface area contributed by atoms with Crippen LogP contribution < -0.4 is 0 Å². The van der Waals surface area contributed by atoms with Crippen LogP contribution in [-0.2, 0) is 9.53 Å².